The van der Waals surface area contributed by atoms with Crippen LogP contribution in [0.15, 0.2) is 104 Å². The van der Waals surface area contributed by atoms with Crippen molar-refractivity contribution in [2.24, 2.45) is 36.3 Å². The minimum atomic E-state index is -0.603. The van der Waals surface area contributed by atoms with Crippen LogP contribution in [0, 0.1) is 40.4 Å². The molecule has 0 spiro atoms. The van der Waals surface area contributed by atoms with Crippen molar-refractivity contribution in [3.63, 3.8) is 0 Å². The summed E-state index contributed by atoms with van der Waals surface area (Å²) in [7, 11) is 1.95. The third-order valence-electron chi connectivity index (χ3n) is 11.4. The molecule has 4 amide bonds. The molecule has 7 rings (SSSR count). The number of imidazole rings is 1. The summed E-state index contributed by atoms with van der Waals surface area (Å²) in [5.41, 5.74) is 14.5. The zero-order chi connectivity index (χ0) is 52.6. The first-order valence-corrected chi connectivity index (χ1v) is 23.2. The molecule has 2 aliphatic rings. The Morgan fingerprint density at radius 2 is 1.58 bits per heavy atom. The van der Waals surface area contributed by atoms with Crippen LogP contribution in [0.5, 0.6) is 11.5 Å². The van der Waals surface area contributed by atoms with Crippen LogP contribution in [0.3, 0.4) is 0 Å². The molecule has 5 aromatic rings. The Kier molecular flexibility index (Phi) is 21.1. The normalized spacial score (nSPS) is 16.8. The second-order valence-electron chi connectivity index (χ2n) is 18.1. The van der Waals surface area contributed by atoms with Gasteiger partial charge in [0.2, 0.25) is 18.2 Å². The van der Waals surface area contributed by atoms with Gasteiger partial charge in [-0.3, -0.25) is 19.2 Å². The van der Waals surface area contributed by atoms with E-state index < -0.39 is 11.6 Å². The van der Waals surface area contributed by atoms with E-state index in [0.717, 1.165) is 41.7 Å². The van der Waals surface area contributed by atoms with Crippen LogP contribution in [0.4, 0.5) is 11.4 Å². The average molecular weight is 981 g/mol. The summed E-state index contributed by atoms with van der Waals surface area (Å²) in [4.78, 5) is 62.9. The van der Waals surface area contributed by atoms with Crippen LogP contribution in [-0.4, -0.2) is 58.0 Å². The first-order valence-electron chi connectivity index (χ1n) is 23.2. The number of nitrogens with zero attached hydrogens (tertiary/aromatic N) is 4. The maximum atomic E-state index is 13.3. The summed E-state index contributed by atoms with van der Waals surface area (Å²) in [6, 6.07) is 26.8. The molecule has 1 heterocycles. The number of esters is 1. The first-order chi connectivity index (χ1) is 33.8. The third-order valence-corrected chi connectivity index (χ3v) is 11.4. The number of allylic oxidation sites excluding steroid dienone is 1. The average Bonchev–Trinajstić information content (AvgIpc) is 4.27. The van der Waals surface area contributed by atoms with E-state index in [1.807, 2.05) is 83.5 Å². The molecule has 6 N–H and O–H groups in total. The number of carbonyl (C=O) groups is 5. The lowest BCUT2D eigenvalue weighted by molar-refractivity contribution is -0.120. The highest BCUT2D eigenvalue weighted by atomic mass is 16.6. The predicted octanol–water partition coefficient (Wildman–Crippen LogP) is 9.93. The number of primary amides is 2. The van der Waals surface area contributed by atoms with Crippen molar-refractivity contribution < 1.29 is 38.2 Å². The molecule has 1 aromatic heterocycles. The Balaban J connectivity index is 0.000000402. The predicted molar refractivity (Wildman–Crippen MR) is 281 cm³/mol. The summed E-state index contributed by atoms with van der Waals surface area (Å²) in [6.07, 6.45) is 6.49. The number of ether oxygens (including phenoxy) is 3. The minimum Gasteiger partial charge on any atom is -0.485 e. The number of rotatable bonds is 15. The van der Waals surface area contributed by atoms with Crippen LogP contribution in [0.25, 0.3) is 22.2 Å². The van der Waals surface area contributed by atoms with Crippen molar-refractivity contribution in [2.45, 2.75) is 98.7 Å². The number of hydrogen-bond donors (Lipinski definition) is 4. The van der Waals surface area contributed by atoms with Crippen LogP contribution in [0.1, 0.15) is 114 Å². The zero-order valence-electron chi connectivity index (χ0n) is 41.7. The van der Waals surface area contributed by atoms with Gasteiger partial charge in [-0.25, -0.2) is 9.78 Å². The van der Waals surface area contributed by atoms with Crippen molar-refractivity contribution >= 4 is 52.5 Å². The van der Waals surface area contributed by atoms with Gasteiger partial charge in [0, 0.05) is 41.6 Å². The van der Waals surface area contributed by atoms with E-state index in [1.54, 1.807) is 66.7 Å². The third kappa shape index (κ3) is 14.9. The molecule has 0 bridgehead atoms. The maximum absolute atomic E-state index is 13.3. The maximum Gasteiger partial charge on any atom is 0.338 e. The highest BCUT2D eigenvalue weighted by molar-refractivity contribution is 6.06. The summed E-state index contributed by atoms with van der Waals surface area (Å²) in [5.74, 6) is 0.691. The van der Waals surface area contributed by atoms with E-state index in [1.165, 1.54) is 0 Å². The van der Waals surface area contributed by atoms with Gasteiger partial charge >= 0.3 is 5.97 Å². The number of amides is 4. The van der Waals surface area contributed by atoms with Gasteiger partial charge in [0.15, 0.2) is 11.5 Å². The summed E-state index contributed by atoms with van der Waals surface area (Å²) >= 11 is 0. The van der Waals surface area contributed by atoms with Gasteiger partial charge in [-0.15, -0.1) is 6.58 Å². The fourth-order valence-electron chi connectivity index (χ4n) is 7.75. The van der Waals surface area contributed by atoms with E-state index in [2.05, 4.69) is 47.5 Å². The number of aromatic nitrogens is 2. The van der Waals surface area contributed by atoms with Crippen molar-refractivity contribution in [1.82, 2.24) is 9.55 Å². The molecular weight excluding hydrogens is 913 g/mol. The second kappa shape index (κ2) is 26.1. The molecule has 2 saturated carbocycles. The van der Waals surface area contributed by atoms with Gasteiger partial charge in [0.05, 0.1) is 52.0 Å². The lowest BCUT2D eigenvalue weighted by Crippen LogP contribution is -2.23. The van der Waals surface area contributed by atoms with Gasteiger partial charge in [0.1, 0.15) is 18.0 Å². The number of aryl methyl sites for hydroxylation is 1. The number of carbonyl (C=O) groups excluding carboxylic acids is 5. The van der Waals surface area contributed by atoms with Crippen molar-refractivity contribution in [2.75, 3.05) is 17.2 Å². The number of nitrogens with two attached hydrogens (primary N) is 2. The first kappa shape index (κ1) is 58.1. The van der Waals surface area contributed by atoms with Crippen LogP contribution >= 0.6 is 0 Å². The summed E-state index contributed by atoms with van der Waals surface area (Å²) < 4.78 is 19.8. The van der Waals surface area contributed by atoms with Crippen LogP contribution < -0.4 is 31.6 Å². The molecule has 380 valence electrons. The van der Waals surface area contributed by atoms with Gasteiger partial charge in [-0.2, -0.15) is 10.5 Å². The van der Waals surface area contributed by atoms with Gasteiger partial charge < -0.3 is 40.9 Å². The van der Waals surface area contributed by atoms with E-state index in [0.29, 0.717) is 51.5 Å². The number of fused-ring (bicyclic) bond motifs is 1. The lowest BCUT2D eigenvalue weighted by Gasteiger charge is -2.22. The number of nitriles is 2. The molecule has 0 radical (unpaired) electrons. The molecule has 72 heavy (non-hydrogen) atoms. The summed E-state index contributed by atoms with van der Waals surface area (Å²) in [6.45, 7) is 20.8. The van der Waals surface area contributed by atoms with E-state index in [9.17, 15) is 19.2 Å². The standard InChI is InChI=1S/C36H40N2O6.C15H16N4O.C3H5N.CH3NO.CH4/c1-8-20-42-31-28(24-10-12-26(13-11-24)35(41)44-36(5,6)7)18-19-30(32(31)43-22(3)4)38-33(39)25-14-16-27(17-15-25)37-34(40)29-21-23(29)9-2;1-3-15(7-10(15)13(17)20)14-18-11-6-9(8-16)4-5-12(11)19(14)2;1-2-3-4;2-1-3;/h8-19,22-23,29H,1-2,20-21H2,3-7H3,(H,37,40)(H,38,39);4-6,10H,3,7H2,1-2H3,(H2,17,20);2H2,1H3;1H,(H2,2,3);1H4. The molecule has 0 aliphatic heterocycles. The molecule has 2 aliphatic carbocycles. The van der Waals surface area contributed by atoms with Crippen LogP contribution in [0.2, 0.25) is 0 Å². The Morgan fingerprint density at radius 1 is 0.958 bits per heavy atom. The fourth-order valence-corrected chi connectivity index (χ4v) is 7.75. The molecule has 0 saturated heterocycles. The van der Waals surface area contributed by atoms with Crippen molar-refractivity contribution in [3.8, 4) is 34.8 Å². The topological polar surface area (TPSA) is 255 Å². The Hall–Kier alpha value is -8.24. The van der Waals surface area contributed by atoms with E-state index >= 15 is 0 Å². The van der Waals surface area contributed by atoms with Gasteiger partial charge in [-0.05, 0) is 132 Å². The van der Waals surface area contributed by atoms with Crippen molar-refractivity contribution in [1.29, 1.82) is 10.5 Å². The SMILES string of the molecule is C.C=CCOc1c(-c2ccc(C(=O)OC(C)(C)C)cc2)ccc(NC(=O)c2ccc(NC(=O)C3CC3C=C)cc2)c1OC(C)C.CCC#N.CCC1(c2nc3cc(C#N)ccc3n2C)CC1C(N)=O.NC=O. The Morgan fingerprint density at radius 3 is 2.08 bits per heavy atom. The molecular formula is C56H68N8O8. The highest BCUT2D eigenvalue weighted by Crippen LogP contribution is 2.56. The molecule has 4 unspecified atom stereocenters. The number of benzene rings is 4. The molecule has 16 nitrogen and oxygen atoms in total. The van der Waals surface area contributed by atoms with E-state index in [4.69, 9.17) is 35.3 Å². The molecule has 4 atom stereocenters. The smallest absolute Gasteiger partial charge is 0.338 e. The minimum absolute atomic E-state index is 0. The fraction of sp³-hybridized carbons (Fsp3) is 0.357. The zero-order valence-corrected chi connectivity index (χ0v) is 41.7. The molecule has 2 fully saturated rings. The summed E-state index contributed by atoms with van der Waals surface area (Å²) in [5, 5.41) is 22.4. The molecule has 16 heteroatoms. The quantitative estimate of drug-likeness (QED) is 0.0436. The van der Waals surface area contributed by atoms with E-state index in [-0.39, 0.29) is 67.4 Å². The Labute approximate surface area is 423 Å². The highest BCUT2D eigenvalue weighted by Gasteiger charge is 2.59. The molecule has 4 aromatic carbocycles. The van der Waals surface area contributed by atoms with Gasteiger partial charge in [-0.1, -0.05) is 52.1 Å². The number of anilines is 2. The largest absolute Gasteiger partial charge is 0.485 e. The number of nitrogens with one attached hydrogen (secondary N) is 2. The Bertz CT molecular complexity index is 2820. The van der Waals surface area contributed by atoms with Crippen molar-refractivity contribution in [3.05, 3.63) is 127 Å². The van der Waals surface area contributed by atoms with Crippen LogP contribution in [-0.2, 0) is 31.6 Å². The number of hydrogen-bond acceptors (Lipinski definition) is 11. The lowest BCUT2D eigenvalue weighted by atomic mass is 9.99. The van der Waals surface area contributed by atoms with Gasteiger partial charge in [0.25, 0.3) is 5.91 Å². The monoisotopic (exact) mass is 981 g/mol. The second-order valence-corrected chi connectivity index (χ2v) is 18.1.